The van der Waals surface area contributed by atoms with Gasteiger partial charge in [-0.2, -0.15) is 5.26 Å². The zero-order valence-corrected chi connectivity index (χ0v) is 15.6. The van der Waals surface area contributed by atoms with Gasteiger partial charge in [-0.15, -0.1) is 0 Å². The molecule has 1 aromatic heterocycles. The molecule has 1 heterocycles. The average molecular weight is 367 g/mol. The highest BCUT2D eigenvalue weighted by Gasteiger charge is 2.08. The molecule has 1 N–H and O–H groups in total. The number of nitrogens with one attached hydrogen (secondary N) is 1. The summed E-state index contributed by atoms with van der Waals surface area (Å²) < 4.78 is 0. The summed E-state index contributed by atoms with van der Waals surface area (Å²) in [7, 11) is 0. The first kappa shape index (κ1) is 17.1. The maximum Gasteiger partial charge on any atom is 0.149 e. The second-order valence-electron chi connectivity index (χ2n) is 6.26. The SMILES string of the molecule is Cc1ccc2nc(/C(C#N)=C\c3ccc(Sc4ccccc4)cc3)[nH]c2c1. The van der Waals surface area contributed by atoms with Crippen molar-refractivity contribution in [2.24, 2.45) is 0 Å². The van der Waals surface area contributed by atoms with E-state index in [-0.39, 0.29) is 0 Å². The molecule has 0 aliphatic heterocycles. The lowest BCUT2D eigenvalue weighted by molar-refractivity contribution is 1.27. The Labute approximate surface area is 162 Å². The minimum Gasteiger partial charge on any atom is -0.337 e. The second kappa shape index (κ2) is 7.53. The van der Waals surface area contributed by atoms with Crippen molar-refractivity contribution in [1.29, 1.82) is 5.26 Å². The van der Waals surface area contributed by atoms with Crippen molar-refractivity contribution in [2.75, 3.05) is 0 Å². The number of aryl methyl sites for hydroxylation is 1. The van der Waals surface area contributed by atoms with Crippen LogP contribution in [0.1, 0.15) is 17.0 Å². The van der Waals surface area contributed by atoms with Crippen LogP contribution in [0.2, 0.25) is 0 Å². The number of rotatable bonds is 4. The number of benzene rings is 3. The third-order valence-corrected chi connectivity index (χ3v) is 5.20. The lowest BCUT2D eigenvalue weighted by Crippen LogP contribution is -1.85. The normalized spacial score (nSPS) is 11.5. The Morgan fingerprint density at radius 1 is 1.00 bits per heavy atom. The van der Waals surface area contributed by atoms with Gasteiger partial charge in [-0.1, -0.05) is 48.2 Å². The molecule has 3 nitrogen and oxygen atoms in total. The Balaban J connectivity index is 1.59. The number of hydrogen-bond acceptors (Lipinski definition) is 3. The molecule has 0 aliphatic rings. The van der Waals surface area contributed by atoms with Crippen LogP contribution in [0.4, 0.5) is 0 Å². The van der Waals surface area contributed by atoms with E-state index < -0.39 is 0 Å². The van der Waals surface area contributed by atoms with Crippen molar-refractivity contribution in [2.45, 2.75) is 16.7 Å². The molecule has 0 unspecified atom stereocenters. The average Bonchev–Trinajstić information content (AvgIpc) is 3.11. The number of aromatic nitrogens is 2. The van der Waals surface area contributed by atoms with Gasteiger partial charge in [0.1, 0.15) is 11.9 Å². The first-order valence-corrected chi connectivity index (χ1v) is 9.44. The van der Waals surface area contributed by atoms with Crippen LogP contribution in [0.5, 0.6) is 0 Å². The molecule has 4 rings (SSSR count). The van der Waals surface area contributed by atoms with Crippen LogP contribution in [-0.2, 0) is 0 Å². The predicted octanol–water partition coefficient (Wildman–Crippen LogP) is 6.09. The molecular formula is C23H17N3S. The van der Waals surface area contributed by atoms with Crippen molar-refractivity contribution in [3.8, 4) is 6.07 Å². The van der Waals surface area contributed by atoms with Crippen LogP contribution in [0, 0.1) is 18.3 Å². The van der Waals surface area contributed by atoms with Crippen LogP contribution in [0.3, 0.4) is 0 Å². The molecule has 0 radical (unpaired) electrons. The highest BCUT2D eigenvalue weighted by Crippen LogP contribution is 2.28. The van der Waals surface area contributed by atoms with Gasteiger partial charge in [-0.25, -0.2) is 4.98 Å². The minimum absolute atomic E-state index is 0.521. The molecule has 4 heteroatoms. The van der Waals surface area contributed by atoms with Gasteiger partial charge in [0.05, 0.1) is 16.6 Å². The fraction of sp³-hybridized carbons (Fsp3) is 0.0435. The number of fused-ring (bicyclic) bond motifs is 1. The van der Waals surface area contributed by atoms with Gasteiger partial charge in [0.25, 0.3) is 0 Å². The van der Waals surface area contributed by atoms with Gasteiger partial charge in [0, 0.05) is 9.79 Å². The largest absolute Gasteiger partial charge is 0.337 e. The lowest BCUT2D eigenvalue weighted by Gasteiger charge is -2.02. The molecular weight excluding hydrogens is 350 g/mol. The molecule has 0 atom stereocenters. The van der Waals surface area contributed by atoms with Crippen LogP contribution in [0.15, 0.2) is 82.6 Å². The maximum atomic E-state index is 9.59. The lowest BCUT2D eigenvalue weighted by atomic mass is 10.1. The number of nitriles is 1. The van der Waals surface area contributed by atoms with E-state index in [1.54, 1.807) is 11.8 Å². The van der Waals surface area contributed by atoms with Gasteiger partial charge in [-0.3, -0.25) is 0 Å². The Bertz CT molecular complexity index is 1150. The van der Waals surface area contributed by atoms with E-state index in [2.05, 4.69) is 40.3 Å². The van der Waals surface area contributed by atoms with Gasteiger partial charge in [0.2, 0.25) is 0 Å². The quantitative estimate of drug-likeness (QED) is 0.444. The number of aromatic amines is 1. The highest BCUT2D eigenvalue weighted by atomic mass is 32.2. The first-order chi connectivity index (χ1) is 13.2. The van der Waals surface area contributed by atoms with E-state index in [1.807, 2.05) is 61.5 Å². The number of nitrogens with zero attached hydrogens (tertiary/aromatic N) is 2. The standard InChI is InChI=1S/C23H17N3S/c1-16-7-12-21-22(13-16)26-23(25-21)18(15-24)14-17-8-10-20(11-9-17)27-19-5-3-2-4-6-19/h2-14H,1H3,(H,25,26)/b18-14-. The van der Waals surface area contributed by atoms with Crippen LogP contribution in [0.25, 0.3) is 22.7 Å². The van der Waals surface area contributed by atoms with Crippen molar-refractivity contribution in [3.63, 3.8) is 0 Å². The molecule has 0 saturated heterocycles. The summed E-state index contributed by atoms with van der Waals surface area (Å²) in [4.78, 5) is 10.2. The smallest absolute Gasteiger partial charge is 0.149 e. The Kier molecular flexibility index (Phi) is 4.78. The molecule has 0 amide bonds. The van der Waals surface area contributed by atoms with E-state index in [9.17, 15) is 5.26 Å². The second-order valence-corrected chi connectivity index (χ2v) is 7.41. The fourth-order valence-electron chi connectivity index (χ4n) is 2.83. The highest BCUT2D eigenvalue weighted by molar-refractivity contribution is 7.99. The number of allylic oxidation sites excluding steroid dienone is 1. The van der Waals surface area contributed by atoms with E-state index in [0.29, 0.717) is 11.4 Å². The monoisotopic (exact) mass is 367 g/mol. The van der Waals surface area contributed by atoms with E-state index in [4.69, 9.17) is 0 Å². The summed E-state index contributed by atoms with van der Waals surface area (Å²) in [5, 5.41) is 9.59. The molecule has 0 saturated carbocycles. The molecule has 4 aromatic rings. The Morgan fingerprint density at radius 2 is 1.74 bits per heavy atom. The maximum absolute atomic E-state index is 9.59. The molecule has 0 spiro atoms. The van der Waals surface area contributed by atoms with Crippen LogP contribution < -0.4 is 0 Å². The first-order valence-electron chi connectivity index (χ1n) is 8.63. The summed E-state index contributed by atoms with van der Waals surface area (Å²) >= 11 is 1.72. The molecule has 0 fully saturated rings. The summed E-state index contributed by atoms with van der Waals surface area (Å²) in [5.41, 5.74) is 4.46. The van der Waals surface area contributed by atoms with E-state index >= 15 is 0 Å². The number of imidazole rings is 1. The van der Waals surface area contributed by atoms with Crippen molar-refractivity contribution in [3.05, 3.63) is 89.7 Å². The Hall–Kier alpha value is -3.29. The molecule has 27 heavy (non-hydrogen) atoms. The van der Waals surface area contributed by atoms with Crippen molar-refractivity contribution in [1.82, 2.24) is 9.97 Å². The van der Waals surface area contributed by atoms with Crippen molar-refractivity contribution < 1.29 is 0 Å². The summed E-state index contributed by atoms with van der Waals surface area (Å²) in [6, 6.07) is 26.7. The fourth-order valence-corrected chi connectivity index (χ4v) is 3.67. The van der Waals surface area contributed by atoms with Gasteiger partial charge in [-0.05, 0) is 60.5 Å². The predicted molar refractivity (Wildman–Crippen MR) is 111 cm³/mol. The summed E-state index contributed by atoms with van der Waals surface area (Å²) in [6.07, 6.45) is 1.86. The zero-order chi connectivity index (χ0) is 18.6. The molecule has 3 aromatic carbocycles. The molecule has 0 aliphatic carbocycles. The zero-order valence-electron chi connectivity index (χ0n) is 14.8. The molecule has 130 valence electrons. The van der Waals surface area contributed by atoms with E-state index in [1.165, 1.54) is 4.90 Å². The molecule has 0 bridgehead atoms. The van der Waals surface area contributed by atoms with Gasteiger partial charge in [0.15, 0.2) is 0 Å². The topological polar surface area (TPSA) is 52.5 Å². The third-order valence-electron chi connectivity index (χ3n) is 4.18. The van der Waals surface area contributed by atoms with Crippen LogP contribution in [-0.4, -0.2) is 9.97 Å². The van der Waals surface area contributed by atoms with Gasteiger partial charge < -0.3 is 4.98 Å². The van der Waals surface area contributed by atoms with E-state index in [0.717, 1.165) is 27.1 Å². The summed E-state index contributed by atoms with van der Waals surface area (Å²) in [6.45, 7) is 2.04. The van der Waals surface area contributed by atoms with Crippen LogP contribution >= 0.6 is 11.8 Å². The van der Waals surface area contributed by atoms with Gasteiger partial charge >= 0.3 is 0 Å². The minimum atomic E-state index is 0.521. The Morgan fingerprint density at radius 3 is 2.48 bits per heavy atom. The number of H-pyrrole nitrogens is 1. The van der Waals surface area contributed by atoms with Crippen molar-refractivity contribution >= 4 is 34.4 Å². The number of hydrogen-bond donors (Lipinski definition) is 1. The third kappa shape index (κ3) is 3.94. The summed E-state index contributed by atoms with van der Waals surface area (Å²) in [5.74, 6) is 0.598.